The number of hydrogen-bond donors (Lipinski definition) is 3. The van der Waals surface area contributed by atoms with E-state index in [1.54, 1.807) is 6.92 Å². The highest BCUT2D eigenvalue weighted by atomic mass is 35.5. The molecule has 1 atom stereocenters. The summed E-state index contributed by atoms with van der Waals surface area (Å²) in [6, 6.07) is 9.77. The Morgan fingerprint density at radius 3 is 2.73 bits per heavy atom. The summed E-state index contributed by atoms with van der Waals surface area (Å²) in [7, 11) is 0. The van der Waals surface area contributed by atoms with Gasteiger partial charge in [0.05, 0.1) is 12.6 Å². The van der Waals surface area contributed by atoms with Gasteiger partial charge in [0.2, 0.25) is 0 Å². The van der Waals surface area contributed by atoms with Gasteiger partial charge < -0.3 is 20.2 Å². The van der Waals surface area contributed by atoms with Crippen LogP contribution in [0.15, 0.2) is 34.7 Å². The topological polar surface area (TPSA) is 57.4 Å². The van der Waals surface area contributed by atoms with E-state index >= 15 is 0 Å². The van der Waals surface area contributed by atoms with Crippen molar-refractivity contribution in [2.75, 3.05) is 19.6 Å². The van der Waals surface area contributed by atoms with Crippen molar-refractivity contribution in [3.63, 3.8) is 0 Å². The van der Waals surface area contributed by atoms with Gasteiger partial charge in [0.15, 0.2) is 0 Å². The second-order valence-corrected chi connectivity index (χ2v) is 5.82. The Morgan fingerprint density at radius 1 is 1.18 bits per heavy atom. The first-order chi connectivity index (χ1) is 10.6. The van der Waals surface area contributed by atoms with E-state index in [1.165, 1.54) is 0 Å². The summed E-state index contributed by atoms with van der Waals surface area (Å²) in [5.41, 5.74) is 2.05. The molecule has 5 heteroatoms. The van der Waals surface area contributed by atoms with Crippen molar-refractivity contribution in [1.82, 2.24) is 10.6 Å². The molecule has 1 heterocycles. The third-order valence-electron chi connectivity index (χ3n) is 3.41. The molecule has 0 fully saturated rings. The van der Waals surface area contributed by atoms with Crippen molar-refractivity contribution in [1.29, 1.82) is 0 Å². The zero-order chi connectivity index (χ0) is 15.9. The third-order valence-corrected chi connectivity index (χ3v) is 3.82. The van der Waals surface area contributed by atoms with Gasteiger partial charge in [-0.05, 0) is 37.6 Å². The van der Waals surface area contributed by atoms with Crippen LogP contribution in [0.2, 0.25) is 5.02 Å². The van der Waals surface area contributed by atoms with Crippen LogP contribution in [0.1, 0.15) is 18.2 Å². The second kappa shape index (κ2) is 8.34. The van der Waals surface area contributed by atoms with E-state index in [-0.39, 0.29) is 6.10 Å². The van der Waals surface area contributed by atoms with Crippen LogP contribution >= 0.6 is 11.6 Å². The number of furan rings is 1. The molecule has 0 saturated heterocycles. The molecule has 22 heavy (non-hydrogen) atoms. The van der Waals surface area contributed by atoms with Crippen LogP contribution in [-0.4, -0.2) is 30.8 Å². The van der Waals surface area contributed by atoms with E-state index in [9.17, 15) is 0 Å². The Balaban J connectivity index is 1.83. The standard InChI is InChI=1S/C17H23ClN2O2/c1-12(21)10-19-8-9-20-11-14-6-7-17(22-14)15-4-3-5-16(18)13(15)2/h3-7,12,19-21H,8-11H2,1-2H3. The number of aliphatic hydroxyl groups is 1. The monoisotopic (exact) mass is 322 g/mol. The maximum atomic E-state index is 9.13. The van der Waals surface area contributed by atoms with Gasteiger partial charge in [-0.1, -0.05) is 23.7 Å². The van der Waals surface area contributed by atoms with Gasteiger partial charge in [-0.3, -0.25) is 0 Å². The molecule has 2 rings (SSSR count). The van der Waals surface area contributed by atoms with Gasteiger partial charge >= 0.3 is 0 Å². The number of benzene rings is 1. The summed E-state index contributed by atoms with van der Waals surface area (Å²) in [6.07, 6.45) is -0.312. The van der Waals surface area contributed by atoms with E-state index < -0.39 is 0 Å². The maximum absolute atomic E-state index is 9.13. The normalized spacial score (nSPS) is 12.5. The van der Waals surface area contributed by atoms with Crippen LogP contribution in [0.25, 0.3) is 11.3 Å². The minimum Gasteiger partial charge on any atom is -0.460 e. The van der Waals surface area contributed by atoms with Crippen LogP contribution < -0.4 is 10.6 Å². The lowest BCUT2D eigenvalue weighted by Gasteiger charge is -2.07. The van der Waals surface area contributed by atoms with Gasteiger partial charge in [-0.2, -0.15) is 0 Å². The predicted octanol–water partition coefficient (Wildman–Crippen LogP) is 2.97. The molecule has 0 aliphatic rings. The molecule has 0 bridgehead atoms. The number of hydrogen-bond acceptors (Lipinski definition) is 4. The minimum absolute atomic E-state index is 0.312. The van der Waals surface area contributed by atoms with Crippen molar-refractivity contribution in [3.05, 3.63) is 46.7 Å². The second-order valence-electron chi connectivity index (χ2n) is 5.41. The average Bonchev–Trinajstić information content (AvgIpc) is 2.94. The first kappa shape index (κ1) is 17.0. The summed E-state index contributed by atoms with van der Waals surface area (Å²) in [4.78, 5) is 0. The molecular weight excluding hydrogens is 300 g/mol. The van der Waals surface area contributed by atoms with Crippen molar-refractivity contribution < 1.29 is 9.52 Å². The van der Waals surface area contributed by atoms with E-state index in [1.807, 2.05) is 37.3 Å². The first-order valence-corrected chi connectivity index (χ1v) is 7.89. The van der Waals surface area contributed by atoms with Gasteiger partial charge in [0.25, 0.3) is 0 Å². The SMILES string of the molecule is Cc1c(Cl)cccc1-c1ccc(CNCCNCC(C)O)o1. The molecule has 0 radical (unpaired) electrons. The summed E-state index contributed by atoms with van der Waals surface area (Å²) in [5, 5.41) is 16.3. The van der Waals surface area contributed by atoms with Gasteiger partial charge in [-0.15, -0.1) is 0 Å². The molecule has 3 N–H and O–H groups in total. The summed E-state index contributed by atoms with van der Waals surface area (Å²) >= 11 is 6.15. The molecule has 0 spiro atoms. The summed E-state index contributed by atoms with van der Waals surface area (Å²) in [6.45, 7) is 6.68. The Morgan fingerprint density at radius 2 is 1.95 bits per heavy atom. The molecule has 0 saturated carbocycles. The lowest BCUT2D eigenvalue weighted by atomic mass is 10.1. The zero-order valence-electron chi connectivity index (χ0n) is 13.0. The van der Waals surface area contributed by atoms with Crippen LogP contribution in [-0.2, 0) is 6.54 Å². The Hall–Kier alpha value is -1.33. The van der Waals surface area contributed by atoms with E-state index in [0.29, 0.717) is 13.1 Å². The fourth-order valence-electron chi connectivity index (χ4n) is 2.19. The molecule has 1 aromatic carbocycles. The maximum Gasteiger partial charge on any atom is 0.134 e. The number of aliphatic hydroxyl groups excluding tert-OH is 1. The van der Waals surface area contributed by atoms with Crippen LogP contribution in [0.4, 0.5) is 0 Å². The molecular formula is C17H23ClN2O2. The zero-order valence-corrected chi connectivity index (χ0v) is 13.8. The van der Waals surface area contributed by atoms with Gasteiger partial charge in [0.1, 0.15) is 11.5 Å². The third kappa shape index (κ3) is 4.85. The highest BCUT2D eigenvalue weighted by molar-refractivity contribution is 6.31. The minimum atomic E-state index is -0.312. The van der Waals surface area contributed by atoms with E-state index in [4.69, 9.17) is 21.1 Å². The van der Waals surface area contributed by atoms with Gasteiger partial charge in [0, 0.05) is 30.2 Å². The number of halogens is 1. The number of rotatable bonds is 8. The molecule has 4 nitrogen and oxygen atoms in total. The molecule has 0 aliphatic carbocycles. The fraction of sp³-hybridized carbons (Fsp3) is 0.412. The molecule has 120 valence electrons. The lowest BCUT2D eigenvalue weighted by Crippen LogP contribution is -2.31. The van der Waals surface area contributed by atoms with Crippen molar-refractivity contribution in [2.45, 2.75) is 26.5 Å². The molecule has 1 unspecified atom stereocenters. The highest BCUT2D eigenvalue weighted by Crippen LogP contribution is 2.29. The Kier molecular flexibility index (Phi) is 6.46. The van der Waals surface area contributed by atoms with E-state index in [0.717, 1.165) is 40.8 Å². The van der Waals surface area contributed by atoms with Crippen LogP contribution in [0, 0.1) is 6.92 Å². The Labute approximate surface area is 136 Å². The summed E-state index contributed by atoms with van der Waals surface area (Å²) in [5.74, 6) is 1.73. The average molecular weight is 323 g/mol. The first-order valence-electron chi connectivity index (χ1n) is 7.51. The van der Waals surface area contributed by atoms with E-state index in [2.05, 4.69) is 10.6 Å². The fourth-order valence-corrected chi connectivity index (χ4v) is 2.37. The smallest absolute Gasteiger partial charge is 0.134 e. The molecule has 2 aromatic rings. The van der Waals surface area contributed by atoms with Gasteiger partial charge in [-0.25, -0.2) is 0 Å². The summed E-state index contributed by atoms with van der Waals surface area (Å²) < 4.78 is 5.87. The predicted molar refractivity (Wildman–Crippen MR) is 90.1 cm³/mol. The molecule has 0 amide bonds. The van der Waals surface area contributed by atoms with Crippen molar-refractivity contribution in [3.8, 4) is 11.3 Å². The number of nitrogens with one attached hydrogen (secondary N) is 2. The van der Waals surface area contributed by atoms with Crippen LogP contribution in [0.3, 0.4) is 0 Å². The molecule has 1 aromatic heterocycles. The molecule has 0 aliphatic heterocycles. The Bertz CT molecular complexity index is 596. The largest absolute Gasteiger partial charge is 0.460 e. The van der Waals surface area contributed by atoms with Crippen molar-refractivity contribution >= 4 is 11.6 Å². The van der Waals surface area contributed by atoms with Crippen molar-refractivity contribution in [2.24, 2.45) is 0 Å². The quantitative estimate of drug-likeness (QED) is 0.654. The highest BCUT2D eigenvalue weighted by Gasteiger charge is 2.09. The van der Waals surface area contributed by atoms with Crippen LogP contribution in [0.5, 0.6) is 0 Å². The lowest BCUT2D eigenvalue weighted by molar-refractivity contribution is 0.191.